The molecule has 4 atom stereocenters. The Morgan fingerprint density at radius 2 is 2.14 bits per heavy atom. The highest BCUT2D eigenvalue weighted by atomic mass is 19.1. The molecule has 1 aromatic rings. The second kappa shape index (κ2) is 7.24. The summed E-state index contributed by atoms with van der Waals surface area (Å²) >= 11 is 0. The quantitative estimate of drug-likeness (QED) is 0.436. The number of rotatable bonds is 4. The molecule has 2 heterocycles. The molecule has 1 aliphatic carbocycles. The second-order valence-corrected chi connectivity index (χ2v) is 7.59. The van der Waals surface area contributed by atoms with Crippen molar-refractivity contribution in [1.29, 1.82) is 5.26 Å². The number of anilines is 1. The minimum absolute atomic E-state index is 0.105. The zero-order chi connectivity index (χ0) is 20.7. The van der Waals surface area contributed by atoms with Crippen LogP contribution in [0.5, 0.6) is 0 Å². The molecule has 3 aliphatic rings. The van der Waals surface area contributed by atoms with Crippen molar-refractivity contribution in [3.63, 3.8) is 0 Å². The Morgan fingerprint density at radius 3 is 2.76 bits per heavy atom. The van der Waals surface area contributed by atoms with Gasteiger partial charge in [0.1, 0.15) is 11.9 Å². The van der Waals surface area contributed by atoms with Gasteiger partial charge in [-0.25, -0.2) is 9.18 Å². The standard InChI is InChI=1S/C19H21FN6O3/c1-10(27)23-5-12-6-26(19(28)29-12)11-2-3-13(16(20)4-11)17-14-7-25(8-15(14)17)18(22)24-9-21/h2-4,12,14-15,17H,5-8H2,1H3,(H2,22,24)(H,23,27)/t12-,14-,15+,17+/m0/s1. The molecule has 1 saturated carbocycles. The van der Waals surface area contributed by atoms with Gasteiger partial charge in [-0.1, -0.05) is 6.07 Å². The summed E-state index contributed by atoms with van der Waals surface area (Å²) in [6.45, 7) is 3.16. The van der Waals surface area contributed by atoms with Crippen molar-refractivity contribution >= 4 is 23.6 Å². The van der Waals surface area contributed by atoms with E-state index in [0.717, 1.165) is 0 Å². The third-order valence-corrected chi connectivity index (χ3v) is 5.79. The monoisotopic (exact) mass is 400 g/mol. The number of carbonyl (C=O) groups excluding carboxylic acids is 2. The molecule has 4 rings (SSSR count). The highest BCUT2D eigenvalue weighted by Gasteiger charge is 2.57. The van der Waals surface area contributed by atoms with Crippen LogP contribution in [-0.4, -0.2) is 55.1 Å². The van der Waals surface area contributed by atoms with Crippen molar-refractivity contribution in [2.75, 3.05) is 31.1 Å². The van der Waals surface area contributed by atoms with Crippen molar-refractivity contribution in [3.8, 4) is 6.19 Å². The molecule has 3 N–H and O–H groups in total. The lowest BCUT2D eigenvalue weighted by atomic mass is 10.1. The van der Waals surface area contributed by atoms with Gasteiger partial charge < -0.3 is 20.7 Å². The maximum Gasteiger partial charge on any atom is 0.414 e. The summed E-state index contributed by atoms with van der Waals surface area (Å²) in [5.74, 6) is 0.307. The van der Waals surface area contributed by atoms with Gasteiger partial charge in [0.2, 0.25) is 18.1 Å². The van der Waals surface area contributed by atoms with Crippen molar-refractivity contribution in [3.05, 3.63) is 29.6 Å². The first kappa shape index (κ1) is 19.0. The summed E-state index contributed by atoms with van der Waals surface area (Å²) in [6.07, 6.45) is 0.651. The number of cyclic esters (lactones) is 1. The highest BCUT2D eigenvalue weighted by Crippen LogP contribution is 2.58. The SMILES string of the molecule is CC(=O)NC[C@H]1CN(c2ccc([C@H]3[C@@H]4CN(/C(N)=N/C#N)C[C@@H]43)c(F)c2)C(=O)O1. The summed E-state index contributed by atoms with van der Waals surface area (Å²) in [4.78, 5) is 29.9. The zero-order valence-corrected chi connectivity index (χ0v) is 15.8. The second-order valence-electron chi connectivity index (χ2n) is 7.59. The molecular formula is C19H21FN6O3. The molecule has 0 aromatic heterocycles. The first-order valence-corrected chi connectivity index (χ1v) is 9.38. The van der Waals surface area contributed by atoms with E-state index in [2.05, 4.69) is 10.3 Å². The predicted octanol–water partition coefficient (Wildman–Crippen LogP) is 0.728. The molecule has 2 amide bonds. The Bertz CT molecular complexity index is 917. The lowest BCUT2D eigenvalue weighted by molar-refractivity contribution is -0.119. The molecule has 0 bridgehead atoms. The average Bonchev–Trinajstić information content (AvgIpc) is 3.01. The maximum atomic E-state index is 14.8. The van der Waals surface area contributed by atoms with Crippen molar-refractivity contribution in [2.45, 2.75) is 18.9 Å². The Morgan fingerprint density at radius 1 is 1.41 bits per heavy atom. The molecule has 0 unspecified atom stereocenters. The molecule has 9 nitrogen and oxygen atoms in total. The number of fused-ring (bicyclic) bond motifs is 1. The van der Waals surface area contributed by atoms with E-state index >= 15 is 0 Å². The molecule has 152 valence electrons. The Hall–Kier alpha value is -3.35. The number of aliphatic imine (C=N–C) groups is 1. The number of amides is 2. The van der Waals surface area contributed by atoms with Gasteiger partial charge in [0, 0.05) is 20.0 Å². The maximum absolute atomic E-state index is 14.8. The number of halogens is 1. The third kappa shape index (κ3) is 3.55. The van der Waals surface area contributed by atoms with Gasteiger partial charge >= 0.3 is 6.09 Å². The van der Waals surface area contributed by atoms with E-state index in [4.69, 9.17) is 15.7 Å². The van der Waals surface area contributed by atoms with E-state index < -0.39 is 12.2 Å². The van der Waals surface area contributed by atoms with E-state index in [9.17, 15) is 14.0 Å². The minimum Gasteiger partial charge on any atom is -0.442 e. The van der Waals surface area contributed by atoms with Gasteiger partial charge in [-0.2, -0.15) is 5.26 Å². The zero-order valence-electron chi connectivity index (χ0n) is 15.8. The summed E-state index contributed by atoms with van der Waals surface area (Å²) in [7, 11) is 0. The van der Waals surface area contributed by atoms with Crippen molar-refractivity contribution < 1.29 is 18.7 Å². The van der Waals surface area contributed by atoms with Crippen LogP contribution in [-0.2, 0) is 9.53 Å². The van der Waals surface area contributed by atoms with E-state index in [1.165, 1.54) is 17.9 Å². The Kier molecular flexibility index (Phi) is 4.74. The van der Waals surface area contributed by atoms with Crippen molar-refractivity contribution in [1.82, 2.24) is 10.2 Å². The number of ether oxygens (including phenoxy) is 1. The number of carbonyl (C=O) groups is 2. The number of hydrogen-bond acceptors (Lipinski definition) is 5. The molecular weight excluding hydrogens is 379 g/mol. The first-order valence-electron chi connectivity index (χ1n) is 9.38. The van der Waals surface area contributed by atoms with Gasteiger partial charge in [-0.15, -0.1) is 4.99 Å². The molecule has 2 saturated heterocycles. The van der Waals surface area contributed by atoms with Gasteiger partial charge in [0.25, 0.3) is 0 Å². The Labute approximate surface area is 166 Å². The topological polar surface area (TPSA) is 124 Å². The molecule has 2 aliphatic heterocycles. The van der Waals surface area contributed by atoms with Gasteiger partial charge in [-0.05, 0) is 35.4 Å². The lowest BCUT2D eigenvalue weighted by Crippen LogP contribution is -2.37. The summed E-state index contributed by atoms with van der Waals surface area (Å²) in [5, 5.41) is 11.2. The van der Waals surface area contributed by atoms with Crippen LogP contribution in [0.2, 0.25) is 0 Å². The molecule has 0 radical (unpaired) electrons. The summed E-state index contributed by atoms with van der Waals surface area (Å²) in [6, 6.07) is 4.80. The van der Waals surface area contributed by atoms with Crippen LogP contribution in [0.25, 0.3) is 0 Å². The molecule has 3 fully saturated rings. The number of piperidine rings is 1. The van der Waals surface area contributed by atoms with Gasteiger partial charge in [-0.3, -0.25) is 9.69 Å². The van der Waals surface area contributed by atoms with Crippen LogP contribution in [0.1, 0.15) is 18.4 Å². The van der Waals surface area contributed by atoms with E-state index in [1.807, 2.05) is 4.90 Å². The molecule has 29 heavy (non-hydrogen) atoms. The normalized spacial score (nSPS) is 28.0. The average molecular weight is 400 g/mol. The Balaban J connectivity index is 1.40. The number of nitrogens with one attached hydrogen (secondary N) is 1. The van der Waals surface area contributed by atoms with E-state index in [0.29, 0.717) is 24.3 Å². The van der Waals surface area contributed by atoms with Crippen LogP contribution < -0.4 is 16.0 Å². The molecule has 1 aromatic carbocycles. The van der Waals surface area contributed by atoms with E-state index in [1.54, 1.807) is 18.3 Å². The molecule has 10 heteroatoms. The fourth-order valence-corrected chi connectivity index (χ4v) is 4.35. The number of guanidine groups is 1. The number of nitrogens with two attached hydrogens (primary N) is 1. The van der Waals surface area contributed by atoms with E-state index in [-0.39, 0.29) is 48.5 Å². The number of likely N-dealkylation sites (tertiary alicyclic amines) is 1. The van der Waals surface area contributed by atoms with Crippen LogP contribution in [0, 0.1) is 29.1 Å². The van der Waals surface area contributed by atoms with Crippen LogP contribution in [0.3, 0.4) is 0 Å². The number of hydrogen-bond donors (Lipinski definition) is 2. The minimum atomic E-state index is -0.557. The smallest absolute Gasteiger partial charge is 0.414 e. The largest absolute Gasteiger partial charge is 0.442 e. The summed E-state index contributed by atoms with van der Waals surface area (Å²) < 4.78 is 20.0. The first-order chi connectivity index (χ1) is 13.9. The van der Waals surface area contributed by atoms with Crippen LogP contribution >= 0.6 is 0 Å². The van der Waals surface area contributed by atoms with Gasteiger partial charge in [0.05, 0.1) is 18.8 Å². The number of nitriles is 1. The van der Waals surface area contributed by atoms with Crippen LogP contribution in [0.15, 0.2) is 23.2 Å². The molecule has 0 spiro atoms. The fourth-order valence-electron chi connectivity index (χ4n) is 4.35. The lowest BCUT2D eigenvalue weighted by Gasteiger charge is -2.20. The van der Waals surface area contributed by atoms with Crippen LogP contribution in [0.4, 0.5) is 14.9 Å². The predicted molar refractivity (Wildman–Crippen MR) is 101 cm³/mol. The number of nitrogens with zero attached hydrogens (tertiary/aromatic N) is 4. The highest BCUT2D eigenvalue weighted by molar-refractivity contribution is 5.90. The van der Waals surface area contributed by atoms with Gasteiger partial charge in [0.15, 0.2) is 0 Å². The third-order valence-electron chi connectivity index (χ3n) is 5.79. The fraction of sp³-hybridized carbons (Fsp3) is 0.474. The summed E-state index contributed by atoms with van der Waals surface area (Å²) in [5.41, 5.74) is 6.80. The van der Waals surface area contributed by atoms with Crippen molar-refractivity contribution in [2.24, 2.45) is 22.6 Å². The number of benzene rings is 1.